The molecule has 2 atom stereocenters. The summed E-state index contributed by atoms with van der Waals surface area (Å²) in [5.41, 5.74) is 3.97. The van der Waals surface area contributed by atoms with Crippen molar-refractivity contribution in [3.05, 3.63) is 24.2 Å². The van der Waals surface area contributed by atoms with E-state index in [0.717, 1.165) is 12.2 Å². The number of furan rings is 1. The van der Waals surface area contributed by atoms with Gasteiger partial charge in [0.1, 0.15) is 0 Å². The lowest BCUT2D eigenvalue weighted by atomic mass is 9.81. The van der Waals surface area contributed by atoms with Crippen molar-refractivity contribution < 1.29 is 9.15 Å². The van der Waals surface area contributed by atoms with Gasteiger partial charge < -0.3 is 9.15 Å². The quantitative estimate of drug-likeness (QED) is 0.603. The molecule has 1 aliphatic rings. The summed E-state index contributed by atoms with van der Waals surface area (Å²) in [6, 6.07) is 1.98. The fourth-order valence-corrected chi connectivity index (χ4v) is 2.99. The molecule has 0 bridgehead atoms. The van der Waals surface area contributed by atoms with Crippen LogP contribution in [0, 0.1) is 5.92 Å². The zero-order chi connectivity index (χ0) is 12.8. The molecular weight excluding hydrogens is 228 g/mol. The molecule has 0 amide bonds. The van der Waals surface area contributed by atoms with Crippen molar-refractivity contribution in [1.82, 2.24) is 5.43 Å². The predicted molar refractivity (Wildman–Crippen MR) is 70.8 cm³/mol. The molecule has 0 aromatic carbocycles. The highest BCUT2D eigenvalue weighted by Gasteiger charge is 2.32. The summed E-state index contributed by atoms with van der Waals surface area (Å²) >= 11 is 0. The van der Waals surface area contributed by atoms with Gasteiger partial charge in [-0.25, -0.2) is 0 Å². The van der Waals surface area contributed by atoms with E-state index in [1.165, 1.54) is 32.1 Å². The second kappa shape index (κ2) is 6.92. The number of hydrazine groups is 1. The summed E-state index contributed by atoms with van der Waals surface area (Å²) in [4.78, 5) is 0. The van der Waals surface area contributed by atoms with Crippen molar-refractivity contribution in [1.29, 1.82) is 0 Å². The van der Waals surface area contributed by atoms with Gasteiger partial charge >= 0.3 is 0 Å². The Kier molecular flexibility index (Phi) is 5.23. The predicted octanol–water partition coefficient (Wildman–Crippen LogP) is 2.77. The lowest BCUT2D eigenvalue weighted by Crippen LogP contribution is -2.42. The highest BCUT2D eigenvalue weighted by Crippen LogP contribution is 2.34. The Hall–Kier alpha value is -0.840. The summed E-state index contributed by atoms with van der Waals surface area (Å²) < 4.78 is 11.1. The van der Waals surface area contributed by atoms with Gasteiger partial charge in [-0.15, -0.1) is 0 Å². The lowest BCUT2D eigenvalue weighted by Gasteiger charge is -2.34. The maximum absolute atomic E-state index is 5.97. The zero-order valence-corrected chi connectivity index (χ0v) is 11.1. The summed E-state index contributed by atoms with van der Waals surface area (Å²) in [5, 5.41) is 0. The zero-order valence-electron chi connectivity index (χ0n) is 11.1. The Morgan fingerprint density at radius 3 is 2.78 bits per heavy atom. The number of hydrogen-bond donors (Lipinski definition) is 2. The van der Waals surface area contributed by atoms with Gasteiger partial charge in [-0.2, -0.15) is 0 Å². The molecule has 1 saturated carbocycles. The molecule has 4 nitrogen and oxygen atoms in total. The van der Waals surface area contributed by atoms with Crippen LogP contribution >= 0.6 is 0 Å². The van der Waals surface area contributed by atoms with Crippen molar-refractivity contribution in [3.63, 3.8) is 0 Å². The molecule has 3 N–H and O–H groups in total. The third kappa shape index (κ3) is 3.13. The lowest BCUT2D eigenvalue weighted by molar-refractivity contribution is -0.0185. The van der Waals surface area contributed by atoms with E-state index in [9.17, 15) is 0 Å². The van der Waals surface area contributed by atoms with Crippen LogP contribution < -0.4 is 11.3 Å². The molecule has 0 saturated heterocycles. The van der Waals surface area contributed by atoms with E-state index in [-0.39, 0.29) is 12.1 Å². The van der Waals surface area contributed by atoms with E-state index in [1.54, 1.807) is 12.5 Å². The molecule has 2 rings (SSSR count). The first-order chi connectivity index (χ1) is 8.86. The van der Waals surface area contributed by atoms with Crippen molar-refractivity contribution in [3.8, 4) is 0 Å². The van der Waals surface area contributed by atoms with E-state index in [2.05, 4.69) is 5.43 Å². The minimum Gasteiger partial charge on any atom is -0.472 e. The highest BCUT2D eigenvalue weighted by atomic mass is 16.5. The molecule has 1 aromatic heterocycles. The second-order valence-corrected chi connectivity index (χ2v) is 5.02. The van der Waals surface area contributed by atoms with Gasteiger partial charge in [-0.3, -0.25) is 11.3 Å². The monoisotopic (exact) mass is 252 g/mol. The molecule has 0 radical (unpaired) electrons. The van der Waals surface area contributed by atoms with E-state index >= 15 is 0 Å². The van der Waals surface area contributed by atoms with Gasteiger partial charge in [0, 0.05) is 12.2 Å². The Morgan fingerprint density at radius 2 is 2.22 bits per heavy atom. The average molecular weight is 252 g/mol. The topological polar surface area (TPSA) is 60.4 Å². The number of nitrogens with two attached hydrogens (primary N) is 1. The highest BCUT2D eigenvalue weighted by molar-refractivity contribution is 5.14. The molecule has 0 aliphatic heterocycles. The van der Waals surface area contributed by atoms with Gasteiger partial charge in [0.15, 0.2) is 0 Å². The molecule has 102 valence electrons. The number of ether oxygens (including phenoxy) is 1. The Morgan fingerprint density at radius 1 is 1.44 bits per heavy atom. The number of rotatable bonds is 6. The molecule has 2 unspecified atom stereocenters. The maximum atomic E-state index is 5.97. The molecule has 1 heterocycles. The average Bonchev–Trinajstić information content (AvgIpc) is 2.94. The molecule has 1 fully saturated rings. The van der Waals surface area contributed by atoms with Crippen molar-refractivity contribution in [2.24, 2.45) is 11.8 Å². The van der Waals surface area contributed by atoms with Gasteiger partial charge in [0.2, 0.25) is 0 Å². The van der Waals surface area contributed by atoms with Crippen LogP contribution in [0.4, 0.5) is 0 Å². The maximum Gasteiger partial charge on any atom is 0.0951 e. The fourth-order valence-electron chi connectivity index (χ4n) is 2.99. The Bertz CT molecular complexity index is 321. The summed E-state index contributed by atoms with van der Waals surface area (Å²) in [5.74, 6) is 6.32. The fraction of sp³-hybridized carbons (Fsp3) is 0.714. The van der Waals surface area contributed by atoms with Crippen LogP contribution in [0.2, 0.25) is 0 Å². The molecule has 18 heavy (non-hydrogen) atoms. The van der Waals surface area contributed by atoms with E-state index < -0.39 is 0 Å². The van der Waals surface area contributed by atoms with Crippen LogP contribution in [-0.4, -0.2) is 12.7 Å². The minimum absolute atomic E-state index is 0.0202. The first kappa shape index (κ1) is 13.6. The van der Waals surface area contributed by atoms with E-state index in [4.69, 9.17) is 15.0 Å². The number of nitrogens with one attached hydrogen (secondary N) is 1. The van der Waals surface area contributed by atoms with Crippen LogP contribution in [0.25, 0.3) is 0 Å². The van der Waals surface area contributed by atoms with Crippen molar-refractivity contribution in [2.45, 2.75) is 51.2 Å². The van der Waals surface area contributed by atoms with Crippen LogP contribution in [0.5, 0.6) is 0 Å². The normalized spacial score (nSPS) is 20.8. The van der Waals surface area contributed by atoms with Crippen LogP contribution in [0.3, 0.4) is 0 Å². The third-order valence-electron chi connectivity index (χ3n) is 3.88. The first-order valence-electron chi connectivity index (χ1n) is 6.96. The van der Waals surface area contributed by atoms with Gasteiger partial charge in [0.05, 0.1) is 24.7 Å². The second-order valence-electron chi connectivity index (χ2n) is 5.02. The Balaban J connectivity index is 2.11. The van der Waals surface area contributed by atoms with Crippen LogP contribution in [-0.2, 0) is 4.74 Å². The van der Waals surface area contributed by atoms with Crippen molar-refractivity contribution in [2.75, 3.05) is 6.61 Å². The molecule has 0 spiro atoms. The first-order valence-corrected chi connectivity index (χ1v) is 6.96. The summed E-state index contributed by atoms with van der Waals surface area (Å²) in [6.07, 6.45) is 10.00. The molecular formula is C14H24N2O2. The van der Waals surface area contributed by atoms with E-state index in [0.29, 0.717) is 5.92 Å². The van der Waals surface area contributed by atoms with Gasteiger partial charge in [0.25, 0.3) is 0 Å². The smallest absolute Gasteiger partial charge is 0.0951 e. The van der Waals surface area contributed by atoms with Gasteiger partial charge in [-0.05, 0) is 31.7 Å². The Labute approximate surface area is 109 Å². The third-order valence-corrected chi connectivity index (χ3v) is 3.88. The SMILES string of the molecule is CCOC(C1CCCCC1)C(NN)c1ccoc1. The van der Waals surface area contributed by atoms with Crippen LogP contribution in [0.15, 0.2) is 23.0 Å². The van der Waals surface area contributed by atoms with Crippen LogP contribution in [0.1, 0.15) is 50.6 Å². The summed E-state index contributed by atoms with van der Waals surface area (Å²) in [7, 11) is 0. The van der Waals surface area contributed by atoms with Gasteiger partial charge in [-0.1, -0.05) is 19.3 Å². The summed E-state index contributed by atoms with van der Waals surface area (Å²) in [6.45, 7) is 2.76. The van der Waals surface area contributed by atoms with E-state index in [1.807, 2.05) is 13.0 Å². The molecule has 1 aromatic rings. The molecule has 4 heteroatoms. The number of hydrogen-bond acceptors (Lipinski definition) is 4. The largest absolute Gasteiger partial charge is 0.472 e. The van der Waals surface area contributed by atoms with Crippen molar-refractivity contribution >= 4 is 0 Å². The minimum atomic E-state index is 0.0202. The molecule has 1 aliphatic carbocycles. The standard InChI is InChI=1S/C14H24N2O2/c1-2-18-14(11-6-4-3-5-7-11)13(16-15)12-8-9-17-10-12/h8-11,13-14,16H,2-7,15H2,1H3.